The quantitative estimate of drug-likeness (QED) is 0.802. The van der Waals surface area contributed by atoms with Gasteiger partial charge in [0.2, 0.25) is 0 Å². The van der Waals surface area contributed by atoms with Gasteiger partial charge in [-0.2, -0.15) is 0 Å². The zero-order valence-corrected chi connectivity index (χ0v) is 9.95. The third-order valence-corrected chi connectivity index (χ3v) is 2.47. The van der Waals surface area contributed by atoms with Crippen molar-refractivity contribution in [3.05, 3.63) is 54.1 Å². The number of anilines is 1. The molecule has 0 spiro atoms. The molecule has 0 unspecified atom stereocenters. The molecule has 0 aliphatic heterocycles. The highest BCUT2D eigenvalue weighted by atomic mass is 32.1. The number of pyridine rings is 2. The van der Waals surface area contributed by atoms with Crippen molar-refractivity contribution >= 4 is 22.9 Å². The van der Waals surface area contributed by atoms with Crippen LogP contribution < -0.4 is 11.1 Å². The molecule has 2 aromatic heterocycles. The van der Waals surface area contributed by atoms with E-state index in [0.717, 1.165) is 17.8 Å². The number of nitrogens with zero attached hydrogens (tertiary/aromatic N) is 2. The minimum atomic E-state index is 0.303. The van der Waals surface area contributed by atoms with Crippen molar-refractivity contribution in [1.29, 1.82) is 0 Å². The number of thiocarbonyl (C=S) groups is 1. The molecule has 0 bridgehead atoms. The van der Waals surface area contributed by atoms with E-state index >= 15 is 0 Å². The monoisotopic (exact) mass is 244 g/mol. The topological polar surface area (TPSA) is 63.8 Å². The van der Waals surface area contributed by atoms with Gasteiger partial charge in [0, 0.05) is 30.8 Å². The summed E-state index contributed by atoms with van der Waals surface area (Å²) in [6.45, 7) is 0.726. The number of rotatable bonds is 4. The van der Waals surface area contributed by atoms with Crippen molar-refractivity contribution < 1.29 is 0 Å². The Morgan fingerprint density at radius 3 is 2.71 bits per heavy atom. The molecular formula is C12H12N4S. The number of nitrogens with one attached hydrogen (secondary N) is 1. The van der Waals surface area contributed by atoms with E-state index in [1.165, 1.54) is 0 Å². The zero-order valence-electron chi connectivity index (χ0n) is 9.13. The van der Waals surface area contributed by atoms with E-state index in [4.69, 9.17) is 18.0 Å². The maximum atomic E-state index is 5.52. The van der Waals surface area contributed by atoms with Crippen LogP contribution in [0.5, 0.6) is 0 Å². The molecule has 2 rings (SSSR count). The van der Waals surface area contributed by atoms with Crippen LogP contribution in [0.2, 0.25) is 0 Å². The summed E-state index contributed by atoms with van der Waals surface area (Å²) in [6.07, 6.45) is 5.22. The van der Waals surface area contributed by atoms with E-state index < -0.39 is 0 Å². The Morgan fingerprint density at radius 2 is 2.00 bits per heavy atom. The molecule has 0 saturated heterocycles. The standard InChI is InChI=1S/C12H12N4S/c13-12(17)11-7-10(3-6-15-11)16-8-9-1-4-14-5-2-9/h1-7H,8H2,(H2,13,17)(H,15,16). The normalized spacial score (nSPS) is 9.88. The van der Waals surface area contributed by atoms with Crippen LogP contribution in [-0.2, 0) is 6.54 Å². The molecule has 86 valence electrons. The second-order valence-corrected chi connectivity index (χ2v) is 3.94. The van der Waals surface area contributed by atoms with Crippen molar-refractivity contribution in [2.75, 3.05) is 5.32 Å². The highest BCUT2D eigenvalue weighted by Gasteiger charge is 1.99. The summed E-state index contributed by atoms with van der Waals surface area (Å²) >= 11 is 4.88. The molecule has 4 nitrogen and oxygen atoms in total. The number of aromatic nitrogens is 2. The van der Waals surface area contributed by atoms with Gasteiger partial charge in [-0.15, -0.1) is 0 Å². The Kier molecular flexibility index (Phi) is 3.62. The molecule has 0 aliphatic rings. The van der Waals surface area contributed by atoms with Crippen LogP contribution in [0.1, 0.15) is 11.3 Å². The lowest BCUT2D eigenvalue weighted by Crippen LogP contribution is -2.12. The lowest BCUT2D eigenvalue weighted by atomic mass is 10.2. The van der Waals surface area contributed by atoms with Crippen LogP contribution in [0, 0.1) is 0 Å². The van der Waals surface area contributed by atoms with Gasteiger partial charge in [-0.3, -0.25) is 9.97 Å². The minimum Gasteiger partial charge on any atom is -0.388 e. The lowest BCUT2D eigenvalue weighted by Gasteiger charge is -2.07. The summed E-state index contributed by atoms with van der Waals surface area (Å²) in [5.74, 6) is 0. The third kappa shape index (κ3) is 3.22. The molecule has 2 heterocycles. The highest BCUT2D eigenvalue weighted by molar-refractivity contribution is 7.80. The molecule has 2 aromatic rings. The van der Waals surface area contributed by atoms with Crippen molar-refractivity contribution in [2.24, 2.45) is 5.73 Å². The fourth-order valence-corrected chi connectivity index (χ4v) is 1.49. The van der Waals surface area contributed by atoms with Gasteiger partial charge in [-0.1, -0.05) is 12.2 Å². The average Bonchev–Trinajstić information content (AvgIpc) is 2.38. The Hall–Kier alpha value is -2.01. The smallest absolute Gasteiger partial charge is 0.122 e. The molecule has 3 N–H and O–H groups in total. The van der Waals surface area contributed by atoms with E-state index in [2.05, 4.69) is 15.3 Å². The zero-order chi connectivity index (χ0) is 12.1. The maximum Gasteiger partial charge on any atom is 0.122 e. The number of nitrogens with two attached hydrogens (primary N) is 1. The largest absolute Gasteiger partial charge is 0.388 e. The summed E-state index contributed by atoms with van der Waals surface area (Å²) in [5, 5.41) is 3.27. The Balaban J connectivity index is 2.04. The average molecular weight is 244 g/mol. The highest BCUT2D eigenvalue weighted by Crippen LogP contribution is 2.09. The van der Waals surface area contributed by atoms with Crippen LogP contribution in [0.15, 0.2) is 42.9 Å². The fraction of sp³-hybridized carbons (Fsp3) is 0.0833. The molecule has 0 fully saturated rings. The molecule has 5 heteroatoms. The molecular weight excluding hydrogens is 232 g/mol. The van der Waals surface area contributed by atoms with E-state index in [-0.39, 0.29) is 0 Å². The first-order chi connectivity index (χ1) is 8.25. The molecule has 0 aromatic carbocycles. The lowest BCUT2D eigenvalue weighted by molar-refractivity contribution is 1.12. The summed E-state index contributed by atoms with van der Waals surface area (Å²) in [7, 11) is 0. The van der Waals surface area contributed by atoms with Gasteiger partial charge >= 0.3 is 0 Å². The molecule has 0 aliphatic carbocycles. The van der Waals surface area contributed by atoms with Gasteiger partial charge in [-0.25, -0.2) is 0 Å². The number of hydrogen-bond acceptors (Lipinski definition) is 4. The van der Waals surface area contributed by atoms with Gasteiger partial charge in [0.15, 0.2) is 0 Å². The summed E-state index contributed by atoms with van der Waals surface area (Å²) in [5.41, 5.74) is 8.25. The second kappa shape index (κ2) is 5.36. The van der Waals surface area contributed by atoms with E-state index in [0.29, 0.717) is 10.7 Å². The van der Waals surface area contributed by atoms with E-state index in [1.54, 1.807) is 18.6 Å². The molecule has 0 atom stereocenters. The van der Waals surface area contributed by atoms with Crippen molar-refractivity contribution in [3.8, 4) is 0 Å². The van der Waals surface area contributed by atoms with Gasteiger partial charge in [-0.05, 0) is 29.8 Å². The Labute approximate surface area is 105 Å². The van der Waals surface area contributed by atoms with Crippen molar-refractivity contribution in [1.82, 2.24) is 9.97 Å². The first-order valence-corrected chi connectivity index (χ1v) is 5.55. The third-order valence-electron chi connectivity index (χ3n) is 2.26. The van der Waals surface area contributed by atoms with E-state index in [9.17, 15) is 0 Å². The van der Waals surface area contributed by atoms with Crippen molar-refractivity contribution in [2.45, 2.75) is 6.54 Å². The van der Waals surface area contributed by atoms with Crippen LogP contribution in [-0.4, -0.2) is 15.0 Å². The van der Waals surface area contributed by atoms with Gasteiger partial charge in [0.1, 0.15) is 4.99 Å². The predicted molar refractivity (Wildman–Crippen MR) is 71.7 cm³/mol. The van der Waals surface area contributed by atoms with Gasteiger partial charge < -0.3 is 11.1 Å². The van der Waals surface area contributed by atoms with Crippen LogP contribution in [0.25, 0.3) is 0 Å². The summed E-state index contributed by atoms with van der Waals surface area (Å²) in [6, 6.07) is 7.64. The SMILES string of the molecule is NC(=S)c1cc(NCc2ccncc2)ccn1. The second-order valence-electron chi connectivity index (χ2n) is 3.50. The molecule has 0 amide bonds. The molecule has 0 radical (unpaired) electrons. The molecule has 17 heavy (non-hydrogen) atoms. The first-order valence-electron chi connectivity index (χ1n) is 5.14. The van der Waals surface area contributed by atoms with Gasteiger partial charge in [0.05, 0.1) is 5.69 Å². The maximum absolute atomic E-state index is 5.52. The van der Waals surface area contributed by atoms with Crippen molar-refractivity contribution in [3.63, 3.8) is 0 Å². The number of hydrogen-bond donors (Lipinski definition) is 2. The van der Waals surface area contributed by atoms with Crippen LogP contribution in [0.3, 0.4) is 0 Å². The van der Waals surface area contributed by atoms with Gasteiger partial charge in [0.25, 0.3) is 0 Å². The summed E-state index contributed by atoms with van der Waals surface area (Å²) in [4.78, 5) is 8.35. The van der Waals surface area contributed by atoms with Crippen LogP contribution >= 0.6 is 12.2 Å². The van der Waals surface area contributed by atoms with E-state index in [1.807, 2.05) is 24.3 Å². The molecule has 0 saturated carbocycles. The first kappa shape index (κ1) is 11.5. The fourth-order valence-electron chi connectivity index (χ4n) is 1.38. The Morgan fingerprint density at radius 1 is 1.24 bits per heavy atom. The summed E-state index contributed by atoms with van der Waals surface area (Å²) < 4.78 is 0. The predicted octanol–water partition coefficient (Wildman–Crippen LogP) is 1.72. The van der Waals surface area contributed by atoms with Crippen LogP contribution in [0.4, 0.5) is 5.69 Å². The minimum absolute atomic E-state index is 0.303. The Bertz CT molecular complexity index is 513.